The number of nitrogens with one attached hydrogen (secondary N) is 1. The molecule has 0 heterocycles. The molecule has 0 aromatic carbocycles. The number of hydrogen-bond donors (Lipinski definition) is 1. The molecule has 1 saturated carbocycles. The molecule has 0 aromatic rings. The number of nitrogens with zero attached hydrogens (tertiary/aromatic N) is 1. The molecule has 1 N–H and O–H groups in total. The van der Waals surface area contributed by atoms with Crippen LogP contribution in [-0.4, -0.2) is 49.2 Å². The average molecular weight is 270 g/mol. The second-order valence-electron chi connectivity index (χ2n) is 5.97. The maximum Gasteiger partial charge on any atom is 0.327 e. The van der Waals surface area contributed by atoms with Crippen LogP contribution in [-0.2, 0) is 9.53 Å². The van der Waals surface area contributed by atoms with Gasteiger partial charge in [0.25, 0.3) is 0 Å². The Kier molecular flexibility index (Phi) is 6.27. The fourth-order valence-electron chi connectivity index (χ4n) is 2.47. The predicted octanol–water partition coefficient (Wildman–Crippen LogP) is 2.04. The van der Waals surface area contributed by atoms with Crippen molar-refractivity contribution in [1.29, 1.82) is 0 Å². The molecule has 1 aliphatic carbocycles. The highest BCUT2D eigenvalue weighted by Crippen LogP contribution is 2.35. The van der Waals surface area contributed by atoms with Crippen molar-refractivity contribution in [3.63, 3.8) is 0 Å². The minimum absolute atomic E-state index is 0.140. The largest absolute Gasteiger partial charge is 0.465 e. The van der Waals surface area contributed by atoms with E-state index in [-0.39, 0.29) is 5.97 Å². The first-order chi connectivity index (χ1) is 8.94. The van der Waals surface area contributed by atoms with Gasteiger partial charge in [0.2, 0.25) is 0 Å². The molecule has 19 heavy (non-hydrogen) atoms. The fourth-order valence-corrected chi connectivity index (χ4v) is 2.47. The van der Waals surface area contributed by atoms with Gasteiger partial charge in [0.1, 0.15) is 5.54 Å². The predicted molar refractivity (Wildman–Crippen MR) is 78.1 cm³/mol. The Balaban J connectivity index is 2.63. The van der Waals surface area contributed by atoms with Gasteiger partial charge in [-0.15, -0.1) is 0 Å². The van der Waals surface area contributed by atoms with Crippen LogP contribution in [0.4, 0.5) is 0 Å². The van der Waals surface area contributed by atoms with E-state index < -0.39 is 5.54 Å². The third-order valence-electron chi connectivity index (χ3n) is 4.06. The molecule has 0 spiro atoms. The summed E-state index contributed by atoms with van der Waals surface area (Å²) in [5.74, 6) is 0.668. The van der Waals surface area contributed by atoms with Gasteiger partial charge in [-0.1, -0.05) is 6.92 Å². The van der Waals surface area contributed by atoms with E-state index in [1.807, 2.05) is 13.8 Å². The van der Waals surface area contributed by atoms with Crippen LogP contribution in [0.15, 0.2) is 0 Å². The van der Waals surface area contributed by atoms with Crippen LogP contribution in [0.5, 0.6) is 0 Å². The van der Waals surface area contributed by atoms with Gasteiger partial charge < -0.3 is 15.0 Å². The van der Waals surface area contributed by atoms with Gasteiger partial charge in [-0.2, -0.15) is 0 Å². The summed E-state index contributed by atoms with van der Waals surface area (Å²) in [4.78, 5) is 14.5. The van der Waals surface area contributed by atoms with Gasteiger partial charge in [-0.3, -0.25) is 4.79 Å². The first kappa shape index (κ1) is 16.4. The number of ether oxygens (including phenoxy) is 1. The van der Waals surface area contributed by atoms with E-state index in [1.165, 1.54) is 12.8 Å². The SMILES string of the molecule is CCCNC(C)(CN(C)C(C)C1CC1)C(=O)OCC. The second kappa shape index (κ2) is 7.25. The number of rotatable bonds is 9. The summed E-state index contributed by atoms with van der Waals surface area (Å²) >= 11 is 0. The summed E-state index contributed by atoms with van der Waals surface area (Å²) in [5, 5.41) is 3.36. The lowest BCUT2D eigenvalue weighted by Crippen LogP contribution is -2.58. The zero-order chi connectivity index (χ0) is 14.5. The molecule has 0 bridgehead atoms. The van der Waals surface area contributed by atoms with Crippen molar-refractivity contribution in [2.75, 3.05) is 26.7 Å². The van der Waals surface area contributed by atoms with Crippen molar-refractivity contribution < 1.29 is 9.53 Å². The Labute approximate surface area is 117 Å². The molecule has 4 nitrogen and oxygen atoms in total. The molecule has 2 unspecified atom stereocenters. The van der Waals surface area contributed by atoms with Crippen LogP contribution in [0.3, 0.4) is 0 Å². The summed E-state index contributed by atoms with van der Waals surface area (Å²) in [7, 11) is 2.11. The van der Waals surface area contributed by atoms with Crippen LogP contribution >= 0.6 is 0 Å². The van der Waals surface area contributed by atoms with Crippen LogP contribution in [0.25, 0.3) is 0 Å². The molecule has 1 fully saturated rings. The van der Waals surface area contributed by atoms with E-state index in [2.05, 4.69) is 31.1 Å². The summed E-state index contributed by atoms with van der Waals surface area (Å²) in [6.45, 7) is 10.1. The Morgan fingerprint density at radius 2 is 2.11 bits per heavy atom. The Bertz CT molecular complexity index is 292. The standard InChI is InChI=1S/C15H30N2O2/c1-6-10-16-15(4,14(18)19-7-2)11-17(5)12(3)13-8-9-13/h12-13,16H,6-11H2,1-5H3. The van der Waals surface area contributed by atoms with E-state index in [9.17, 15) is 4.79 Å². The van der Waals surface area contributed by atoms with Gasteiger partial charge in [0, 0.05) is 12.6 Å². The molecule has 0 amide bonds. The maximum absolute atomic E-state index is 12.2. The second-order valence-corrected chi connectivity index (χ2v) is 5.97. The summed E-state index contributed by atoms with van der Waals surface area (Å²) in [6, 6.07) is 0.539. The van der Waals surface area contributed by atoms with Crippen LogP contribution in [0, 0.1) is 5.92 Å². The van der Waals surface area contributed by atoms with Crippen molar-refractivity contribution in [2.45, 2.75) is 58.5 Å². The van der Waals surface area contributed by atoms with Crippen molar-refractivity contribution in [1.82, 2.24) is 10.2 Å². The van der Waals surface area contributed by atoms with E-state index >= 15 is 0 Å². The van der Waals surface area contributed by atoms with Crippen molar-refractivity contribution in [3.05, 3.63) is 0 Å². The van der Waals surface area contributed by atoms with Gasteiger partial charge >= 0.3 is 5.97 Å². The molecule has 0 aliphatic heterocycles. The Hall–Kier alpha value is -0.610. The van der Waals surface area contributed by atoms with Gasteiger partial charge in [-0.05, 0) is 59.5 Å². The van der Waals surface area contributed by atoms with Gasteiger partial charge in [0.15, 0.2) is 0 Å². The van der Waals surface area contributed by atoms with Crippen molar-refractivity contribution >= 4 is 5.97 Å². The lowest BCUT2D eigenvalue weighted by atomic mass is 10.00. The normalized spacial score (nSPS) is 20.1. The number of carbonyl (C=O) groups is 1. The first-order valence-corrected chi connectivity index (χ1v) is 7.57. The van der Waals surface area contributed by atoms with E-state index in [0.717, 1.165) is 18.9 Å². The first-order valence-electron chi connectivity index (χ1n) is 7.57. The molecule has 2 atom stereocenters. The third kappa shape index (κ3) is 4.77. The zero-order valence-electron chi connectivity index (χ0n) is 13.2. The van der Waals surface area contributed by atoms with E-state index in [4.69, 9.17) is 4.74 Å². The highest BCUT2D eigenvalue weighted by Gasteiger charge is 2.38. The summed E-state index contributed by atoms with van der Waals surface area (Å²) < 4.78 is 5.23. The topological polar surface area (TPSA) is 41.6 Å². The lowest BCUT2D eigenvalue weighted by Gasteiger charge is -2.35. The van der Waals surface area contributed by atoms with Crippen molar-refractivity contribution in [3.8, 4) is 0 Å². The molecule has 0 radical (unpaired) electrons. The summed E-state index contributed by atoms with van der Waals surface area (Å²) in [6.07, 6.45) is 3.66. The molecule has 4 heteroatoms. The smallest absolute Gasteiger partial charge is 0.327 e. The molecule has 1 aliphatic rings. The lowest BCUT2D eigenvalue weighted by molar-refractivity contribution is -0.151. The fraction of sp³-hybridized carbons (Fsp3) is 0.933. The van der Waals surface area contributed by atoms with E-state index in [0.29, 0.717) is 19.2 Å². The van der Waals surface area contributed by atoms with Crippen molar-refractivity contribution in [2.24, 2.45) is 5.92 Å². The number of esters is 1. The average Bonchev–Trinajstić information content (AvgIpc) is 3.20. The third-order valence-corrected chi connectivity index (χ3v) is 4.06. The number of likely N-dealkylation sites (N-methyl/N-ethyl adjacent to an activating group) is 1. The molecule has 1 rings (SSSR count). The Morgan fingerprint density at radius 3 is 2.58 bits per heavy atom. The number of carbonyl (C=O) groups excluding carboxylic acids is 1. The Morgan fingerprint density at radius 1 is 1.47 bits per heavy atom. The van der Waals surface area contributed by atoms with E-state index in [1.54, 1.807) is 0 Å². The summed E-state index contributed by atoms with van der Waals surface area (Å²) in [5.41, 5.74) is -0.607. The molecular formula is C15H30N2O2. The zero-order valence-corrected chi connectivity index (χ0v) is 13.2. The highest BCUT2D eigenvalue weighted by molar-refractivity contribution is 5.80. The monoisotopic (exact) mass is 270 g/mol. The minimum atomic E-state index is -0.607. The van der Waals surface area contributed by atoms with Crippen LogP contribution in [0.2, 0.25) is 0 Å². The molecule has 0 aromatic heterocycles. The quantitative estimate of drug-likeness (QED) is 0.651. The molecule has 112 valence electrons. The van der Waals surface area contributed by atoms with Gasteiger partial charge in [-0.25, -0.2) is 0 Å². The van der Waals surface area contributed by atoms with Crippen LogP contribution in [0.1, 0.15) is 47.0 Å². The highest BCUT2D eigenvalue weighted by atomic mass is 16.5. The molecule has 0 saturated heterocycles. The molecular weight excluding hydrogens is 240 g/mol. The maximum atomic E-state index is 12.2. The minimum Gasteiger partial charge on any atom is -0.465 e. The van der Waals surface area contributed by atoms with Crippen LogP contribution < -0.4 is 5.32 Å². The van der Waals surface area contributed by atoms with Gasteiger partial charge in [0.05, 0.1) is 6.61 Å². The number of hydrogen-bond acceptors (Lipinski definition) is 4.